The van der Waals surface area contributed by atoms with Crippen molar-refractivity contribution in [1.29, 1.82) is 0 Å². The van der Waals surface area contributed by atoms with Gasteiger partial charge in [0.05, 0.1) is 4.47 Å². The lowest BCUT2D eigenvalue weighted by Gasteiger charge is -2.09. The maximum absolute atomic E-state index is 11.8. The van der Waals surface area contributed by atoms with Gasteiger partial charge in [0.25, 0.3) is 5.91 Å². The second kappa shape index (κ2) is 6.90. The third-order valence-electron chi connectivity index (χ3n) is 2.64. The van der Waals surface area contributed by atoms with Crippen molar-refractivity contribution < 1.29 is 9.53 Å². The highest BCUT2D eigenvalue weighted by molar-refractivity contribution is 9.10. The van der Waals surface area contributed by atoms with Crippen molar-refractivity contribution in [3.8, 4) is 5.75 Å². The van der Waals surface area contributed by atoms with Gasteiger partial charge in [-0.1, -0.05) is 28.1 Å². The number of carbonyl (C=O) groups is 1. The summed E-state index contributed by atoms with van der Waals surface area (Å²) in [4.78, 5) is 11.8. The van der Waals surface area contributed by atoms with Gasteiger partial charge in [0.2, 0.25) is 0 Å². The standard InChI is InChI=1S/C15H13Br2NO2/c1-10-8-11(6-7-12(10)16)18-15(19)9-20-14-5-3-2-4-13(14)17/h2-8H,9H2,1H3,(H,18,19). The number of halogens is 2. The van der Waals surface area contributed by atoms with Crippen molar-refractivity contribution in [1.82, 2.24) is 0 Å². The Kier molecular flexibility index (Phi) is 5.20. The molecule has 0 fully saturated rings. The Morgan fingerprint density at radius 3 is 2.60 bits per heavy atom. The van der Waals surface area contributed by atoms with Gasteiger partial charge < -0.3 is 10.1 Å². The fourth-order valence-electron chi connectivity index (χ4n) is 1.62. The quantitative estimate of drug-likeness (QED) is 0.821. The molecule has 1 amide bonds. The normalized spacial score (nSPS) is 10.2. The Morgan fingerprint density at radius 1 is 1.15 bits per heavy atom. The molecule has 0 radical (unpaired) electrons. The minimum absolute atomic E-state index is 0.0300. The number of amides is 1. The molecule has 2 aromatic rings. The van der Waals surface area contributed by atoms with Gasteiger partial charge in [-0.2, -0.15) is 0 Å². The van der Waals surface area contributed by atoms with Gasteiger partial charge in [0, 0.05) is 10.2 Å². The van der Waals surface area contributed by atoms with Gasteiger partial charge in [-0.25, -0.2) is 0 Å². The number of rotatable bonds is 4. The van der Waals surface area contributed by atoms with Crippen LogP contribution in [0.25, 0.3) is 0 Å². The molecular formula is C15H13Br2NO2. The van der Waals surface area contributed by atoms with Gasteiger partial charge in [-0.15, -0.1) is 0 Å². The summed E-state index contributed by atoms with van der Waals surface area (Å²) in [5.74, 6) is 0.456. The minimum Gasteiger partial charge on any atom is -0.483 e. The van der Waals surface area contributed by atoms with E-state index in [9.17, 15) is 4.79 Å². The van der Waals surface area contributed by atoms with Gasteiger partial charge in [0.15, 0.2) is 6.61 Å². The number of hydrogen-bond donors (Lipinski definition) is 1. The summed E-state index contributed by atoms with van der Waals surface area (Å²) in [6.07, 6.45) is 0. The number of hydrogen-bond acceptors (Lipinski definition) is 2. The molecular weight excluding hydrogens is 386 g/mol. The smallest absolute Gasteiger partial charge is 0.262 e. The van der Waals surface area contributed by atoms with E-state index in [2.05, 4.69) is 37.2 Å². The van der Waals surface area contributed by atoms with E-state index in [0.717, 1.165) is 20.2 Å². The van der Waals surface area contributed by atoms with Crippen molar-refractivity contribution >= 4 is 43.5 Å². The zero-order chi connectivity index (χ0) is 14.5. The summed E-state index contributed by atoms with van der Waals surface area (Å²) in [6.45, 7) is 1.94. The van der Waals surface area contributed by atoms with Crippen molar-refractivity contribution in [3.63, 3.8) is 0 Å². The lowest BCUT2D eigenvalue weighted by atomic mass is 10.2. The van der Waals surface area contributed by atoms with E-state index in [1.54, 1.807) is 6.07 Å². The number of nitrogens with one attached hydrogen (secondary N) is 1. The molecule has 0 aliphatic carbocycles. The van der Waals surface area contributed by atoms with Crippen LogP contribution in [0.3, 0.4) is 0 Å². The van der Waals surface area contributed by atoms with Crippen LogP contribution in [0.2, 0.25) is 0 Å². The van der Waals surface area contributed by atoms with E-state index < -0.39 is 0 Å². The van der Waals surface area contributed by atoms with Crippen LogP contribution in [0.1, 0.15) is 5.56 Å². The maximum atomic E-state index is 11.8. The molecule has 0 saturated carbocycles. The summed E-state index contributed by atoms with van der Waals surface area (Å²) in [7, 11) is 0. The molecule has 0 heterocycles. The highest BCUT2D eigenvalue weighted by Gasteiger charge is 2.06. The first-order chi connectivity index (χ1) is 9.56. The topological polar surface area (TPSA) is 38.3 Å². The highest BCUT2D eigenvalue weighted by Crippen LogP contribution is 2.24. The molecule has 0 aliphatic rings. The lowest BCUT2D eigenvalue weighted by molar-refractivity contribution is -0.118. The first-order valence-corrected chi connectivity index (χ1v) is 7.58. The molecule has 3 nitrogen and oxygen atoms in total. The number of para-hydroxylation sites is 1. The van der Waals surface area contributed by atoms with Gasteiger partial charge >= 0.3 is 0 Å². The summed E-state index contributed by atoms with van der Waals surface area (Å²) in [5, 5.41) is 2.80. The van der Waals surface area contributed by atoms with E-state index >= 15 is 0 Å². The largest absolute Gasteiger partial charge is 0.483 e. The monoisotopic (exact) mass is 397 g/mol. The predicted molar refractivity (Wildman–Crippen MR) is 87.1 cm³/mol. The molecule has 0 saturated heterocycles. The van der Waals surface area contributed by atoms with Crippen LogP contribution in [0.5, 0.6) is 5.75 Å². The molecule has 104 valence electrons. The molecule has 0 aromatic heterocycles. The van der Waals surface area contributed by atoms with Crippen molar-refractivity contribution in [3.05, 3.63) is 57.0 Å². The van der Waals surface area contributed by atoms with Gasteiger partial charge in [-0.05, 0) is 58.7 Å². The predicted octanol–water partition coefficient (Wildman–Crippen LogP) is 4.54. The number of benzene rings is 2. The molecule has 1 N–H and O–H groups in total. The van der Waals surface area contributed by atoms with Crippen LogP contribution < -0.4 is 10.1 Å². The summed E-state index contributed by atoms with van der Waals surface area (Å²) < 4.78 is 7.30. The van der Waals surface area contributed by atoms with Gasteiger partial charge in [-0.3, -0.25) is 4.79 Å². The third-order valence-corrected chi connectivity index (χ3v) is 4.18. The van der Waals surface area contributed by atoms with Crippen molar-refractivity contribution in [2.45, 2.75) is 6.92 Å². The molecule has 2 aromatic carbocycles. The molecule has 0 spiro atoms. The fraction of sp³-hybridized carbons (Fsp3) is 0.133. The lowest BCUT2D eigenvalue weighted by Crippen LogP contribution is -2.20. The van der Waals surface area contributed by atoms with Gasteiger partial charge in [0.1, 0.15) is 5.75 Å². The SMILES string of the molecule is Cc1cc(NC(=O)COc2ccccc2Br)ccc1Br. The van der Waals surface area contributed by atoms with E-state index in [1.807, 2.05) is 43.3 Å². The maximum Gasteiger partial charge on any atom is 0.262 e. The Hall–Kier alpha value is -1.33. The van der Waals surface area contributed by atoms with Crippen LogP contribution in [-0.4, -0.2) is 12.5 Å². The van der Waals surface area contributed by atoms with Crippen molar-refractivity contribution in [2.75, 3.05) is 11.9 Å². The number of ether oxygens (including phenoxy) is 1. The average Bonchev–Trinajstić information content (AvgIpc) is 2.42. The molecule has 0 atom stereocenters. The van der Waals surface area contributed by atoms with Crippen LogP contribution in [-0.2, 0) is 4.79 Å². The van der Waals surface area contributed by atoms with Crippen LogP contribution in [0, 0.1) is 6.92 Å². The summed E-state index contributed by atoms with van der Waals surface area (Å²) in [6, 6.07) is 13.1. The molecule has 2 rings (SSSR count). The van der Waals surface area contributed by atoms with Crippen LogP contribution in [0.4, 0.5) is 5.69 Å². The Balaban J connectivity index is 1.93. The van der Waals surface area contributed by atoms with E-state index in [4.69, 9.17) is 4.74 Å². The number of carbonyl (C=O) groups excluding carboxylic acids is 1. The first kappa shape index (κ1) is 15.1. The molecule has 0 aliphatic heterocycles. The third kappa shape index (κ3) is 4.08. The van der Waals surface area contributed by atoms with Crippen molar-refractivity contribution in [2.24, 2.45) is 0 Å². The minimum atomic E-state index is -0.192. The number of anilines is 1. The fourth-order valence-corrected chi connectivity index (χ4v) is 2.27. The van der Waals surface area contributed by atoms with E-state index in [1.165, 1.54) is 0 Å². The summed E-state index contributed by atoms with van der Waals surface area (Å²) in [5.41, 5.74) is 1.82. The van der Waals surface area contributed by atoms with E-state index in [0.29, 0.717) is 5.75 Å². The Labute approximate surface area is 134 Å². The zero-order valence-electron chi connectivity index (χ0n) is 10.8. The Bertz CT molecular complexity index is 629. The van der Waals surface area contributed by atoms with E-state index in [-0.39, 0.29) is 12.5 Å². The molecule has 0 unspecified atom stereocenters. The molecule has 0 bridgehead atoms. The number of aryl methyl sites for hydroxylation is 1. The zero-order valence-corrected chi connectivity index (χ0v) is 14.0. The first-order valence-electron chi connectivity index (χ1n) is 5.99. The second-order valence-corrected chi connectivity index (χ2v) is 5.94. The molecule has 5 heteroatoms. The highest BCUT2D eigenvalue weighted by atomic mass is 79.9. The average molecular weight is 399 g/mol. The summed E-state index contributed by atoms with van der Waals surface area (Å²) >= 11 is 6.79. The molecule has 20 heavy (non-hydrogen) atoms. The Morgan fingerprint density at radius 2 is 1.90 bits per heavy atom. The van der Waals surface area contributed by atoms with Crippen LogP contribution in [0.15, 0.2) is 51.4 Å². The van der Waals surface area contributed by atoms with Crippen LogP contribution >= 0.6 is 31.9 Å². The second-order valence-electron chi connectivity index (χ2n) is 4.23.